The molecule has 2 heterocycles. The summed E-state index contributed by atoms with van der Waals surface area (Å²) in [6, 6.07) is 0. The molecule has 0 bridgehead atoms. The summed E-state index contributed by atoms with van der Waals surface area (Å²) in [6.07, 6.45) is 3.07. The fourth-order valence-electron chi connectivity index (χ4n) is 1.83. The smallest absolute Gasteiger partial charge is 0.393 e. The summed E-state index contributed by atoms with van der Waals surface area (Å²) in [7, 11) is 0. The van der Waals surface area contributed by atoms with Crippen LogP contribution in [0.25, 0.3) is 0 Å². The molecule has 1 aliphatic heterocycles. The Labute approximate surface area is 108 Å². The molecule has 1 aromatic heterocycles. The molecule has 5 heteroatoms. The summed E-state index contributed by atoms with van der Waals surface area (Å²) in [5.41, 5.74) is 0.883. The predicted octanol–water partition coefficient (Wildman–Crippen LogP) is 1.84. The lowest BCUT2D eigenvalue weighted by atomic mass is 10.1. The van der Waals surface area contributed by atoms with Crippen LogP contribution in [0.1, 0.15) is 26.0 Å². The standard InChI is InChI=1S/C13H22N2O3/c1-10(2)5-14-6-12-9-18-13(15-12)17-8-11-3-4-16-7-11/h9-11,14H,3-8H2,1-2H3. The van der Waals surface area contributed by atoms with Crippen molar-refractivity contribution in [2.24, 2.45) is 11.8 Å². The van der Waals surface area contributed by atoms with Crippen molar-refractivity contribution in [1.29, 1.82) is 0 Å². The molecule has 1 aliphatic rings. The van der Waals surface area contributed by atoms with Crippen LogP contribution in [0.2, 0.25) is 0 Å². The van der Waals surface area contributed by atoms with E-state index < -0.39 is 0 Å². The van der Waals surface area contributed by atoms with Crippen molar-refractivity contribution < 1.29 is 13.9 Å². The van der Waals surface area contributed by atoms with E-state index in [2.05, 4.69) is 24.1 Å². The van der Waals surface area contributed by atoms with E-state index in [9.17, 15) is 0 Å². The molecule has 0 aliphatic carbocycles. The SMILES string of the molecule is CC(C)CNCc1coc(OCC2CCOC2)n1. The highest BCUT2D eigenvalue weighted by Crippen LogP contribution is 2.16. The number of rotatable bonds is 7. The predicted molar refractivity (Wildman–Crippen MR) is 67.5 cm³/mol. The van der Waals surface area contributed by atoms with Crippen molar-refractivity contribution in [1.82, 2.24) is 10.3 Å². The normalized spacial score (nSPS) is 19.6. The first-order chi connectivity index (χ1) is 8.74. The van der Waals surface area contributed by atoms with Gasteiger partial charge < -0.3 is 19.2 Å². The molecule has 1 fully saturated rings. The van der Waals surface area contributed by atoms with Gasteiger partial charge >= 0.3 is 6.08 Å². The highest BCUT2D eigenvalue weighted by Gasteiger charge is 2.17. The molecular weight excluding hydrogens is 232 g/mol. The van der Waals surface area contributed by atoms with Gasteiger partial charge in [0.15, 0.2) is 0 Å². The summed E-state index contributed by atoms with van der Waals surface area (Å²) in [5.74, 6) is 1.11. The summed E-state index contributed by atoms with van der Waals surface area (Å²) < 4.78 is 16.1. The average molecular weight is 254 g/mol. The van der Waals surface area contributed by atoms with Crippen molar-refractivity contribution in [3.63, 3.8) is 0 Å². The Balaban J connectivity index is 1.68. The molecule has 0 radical (unpaired) electrons. The van der Waals surface area contributed by atoms with Gasteiger partial charge in [-0.25, -0.2) is 0 Å². The monoisotopic (exact) mass is 254 g/mol. The minimum Gasteiger partial charge on any atom is -0.450 e. The second-order valence-electron chi connectivity index (χ2n) is 5.17. The Morgan fingerprint density at radius 1 is 1.56 bits per heavy atom. The van der Waals surface area contributed by atoms with E-state index in [0.717, 1.165) is 38.4 Å². The van der Waals surface area contributed by atoms with Crippen LogP contribution in [0, 0.1) is 11.8 Å². The first-order valence-electron chi connectivity index (χ1n) is 6.59. The Morgan fingerprint density at radius 2 is 2.44 bits per heavy atom. The number of hydrogen-bond acceptors (Lipinski definition) is 5. The molecule has 0 aromatic carbocycles. The fourth-order valence-corrected chi connectivity index (χ4v) is 1.83. The van der Waals surface area contributed by atoms with E-state index in [0.29, 0.717) is 24.5 Å². The number of ether oxygens (including phenoxy) is 2. The first kappa shape index (κ1) is 13.4. The highest BCUT2D eigenvalue weighted by atomic mass is 16.6. The Kier molecular flexibility index (Phi) is 5.01. The van der Waals surface area contributed by atoms with Gasteiger partial charge in [-0.05, 0) is 18.9 Å². The van der Waals surface area contributed by atoms with E-state index in [1.54, 1.807) is 6.26 Å². The van der Waals surface area contributed by atoms with Crippen LogP contribution in [0.3, 0.4) is 0 Å². The van der Waals surface area contributed by atoms with Crippen LogP contribution in [-0.2, 0) is 11.3 Å². The van der Waals surface area contributed by atoms with Crippen molar-refractivity contribution >= 4 is 0 Å². The van der Waals surface area contributed by atoms with Gasteiger partial charge in [-0.1, -0.05) is 13.8 Å². The molecule has 0 saturated carbocycles. The Hall–Kier alpha value is -1.07. The van der Waals surface area contributed by atoms with E-state index in [1.807, 2.05) is 0 Å². The van der Waals surface area contributed by atoms with Gasteiger partial charge in [0.1, 0.15) is 6.26 Å². The van der Waals surface area contributed by atoms with E-state index in [1.165, 1.54) is 0 Å². The third-order valence-corrected chi connectivity index (χ3v) is 2.86. The van der Waals surface area contributed by atoms with Crippen molar-refractivity contribution in [3.8, 4) is 6.08 Å². The molecule has 2 rings (SSSR count). The van der Waals surface area contributed by atoms with Gasteiger partial charge in [-0.2, -0.15) is 4.98 Å². The largest absolute Gasteiger partial charge is 0.450 e. The number of nitrogens with one attached hydrogen (secondary N) is 1. The average Bonchev–Trinajstić information content (AvgIpc) is 2.96. The fraction of sp³-hybridized carbons (Fsp3) is 0.769. The van der Waals surface area contributed by atoms with Crippen LogP contribution >= 0.6 is 0 Å². The maximum atomic E-state index is 5.51. The zero-order valence-corrected chi connectivity index (χ0v) is 11.1. The maximum absolute atomic E-state index is 5.51. The van der Waals surface area contributed by atoms with Gasteiger partial charge in [-0.15, -0.1) is 0 Å². The van der Waals surface area contributed by atoms with Gasteiger partial charge in [0.2, 0.25) is 0 Å². The van der Waals surface area contributed by atoms with Crippen molar-refractivity contribution in [2.75, 3.05) is 26.4 Å². The topological polar surface area (TPSA) is 56.5 Å². The number of oxazole rings is 1. The van der Waals surface area contributed by atoms with Gasteiger partial charge in [0.05, 0.1) is 18.9 Å². The second kappa shape index (κ2) is 6.75. The summed E-state index contributed by atoms with van der Waals surface area (Å²) in [5, 5.41) is 3.31. The zero-order valence-electron chi connectivity index (χ0n) is 11.1. The zero-order chi connectivity index (χ0) is 12.8. The highest BCUT2D eigenvalue weighted by molar-refractivity contribution is 4.99. The summed E-state index contributed by atoms with van der Waals surface area (Å²) >= 11 is 0. The lowest BCUT2D eigenvalue weighted by Crippen LogP contribution is -2.19. The van der Waals surface area contributed by atoms with Crippen molar-refractivity contribution in [3.05, 3.63) is 12.0 Å². The van der Waals surface area contributed by atoms with Crippen LogP contribution in [0.4, 0.5) is 0 Å². The van der Waals surface area contributed by atoms with Crippen LogP contribution in [0.5, 0.6) is 6.08 Å². The van der Waals surface area contributed by atoms with Crippen LogP contribution in [0.15, 0.2) is 10.7 Å². The Bertz CT molecular complexity index is 346. The number of aromatic nitrogens is 1. The minimum absolute atomic E-state index is 0.364. The van der Waals surface area contributed by atoms with Gasteiger partial charge in [0, 0.05) is 19.1 Å². The summed E-state index contributed by atoms with van der Waals surface area (Å²) in [6.45, 7) is 8.29. The maximum Gasteiger partial charge on any atom is 0.393 e. The third kappa shape index (κ3) is 4.31. The minimum atomic E-state index is 0.364. The lowest BCUT2D eigenvalue weighted by Gasteiger charge is -2.06. The number of hydrogen-bond donors (Lipinski definition) is 1. The molecule has 5 nitrogen and oxygen atoms in total. The number of nitrogens with zero attached hydrogens (tertiary/aromatic N) is 1. The van der Waals surface area contributed by atoms with Gasteiger partial charge in [-0.3, -0.25) is 0 Å². The molecule has 18 heavy (non-hydrogen) atoms. The van der Waals surface area contributed by atoms with Gasteiger partial charge in [0.25, 0.3) is 0 Å². The molecule has 1 unspecified atom stereocenters. The molecule has 102 valence electrons. The lowest BCUT2D eigenvalue weighted by molar-refractivity contribution is 0.151. The van der Waals surface area contributed by atoms with Crippen LogP contribution in [-0.4, -0.2) is 31.3 Å². The molecule has 0 spiro atoms. The second-order valence-corrected chi connectivity index (χ2v) is 5.17. The molecule has 1 saturated heterocycles. The molecule has 0 amide bonds. The molecule has 1 atom stereocenters. The van der Waals surface area contributed by atoms with Crippen LogP contribution < -0.4 is 10.1 Å². The van der Waals surface area contributed by atoms with E-state index in [4.69, 9.17) is 13.9 Å². The molecule has 1 aromatic rings. The summed E-state index contributed by atoms with van der Waals surface area (Å²) in [4.78, 5) is 4.28. The van der Waals surface area contributed by atoms with Crippen molar-refractivity contribution in [2.45, 2.75) is 26.8 Å². The quantitative estimate of drug-likeness (QED) is 0.804. The van der Waals surface area contributed by atoms with E-state index >= 15 is 0 Å². The first-order valence-corrected chi connectivity index (χ1v) is 6.59. The van der Waals surface area contributed by atoms with E-state index in [-0.39, 0.29) is 0 Å². The molecular formula is C13H22N2O3. The molecule has 1 N–H and O–H groups in total. The third-order valence-electron chi connectivity index (χ3n) is 2.86. The Morgan fingerprint density at radius 3 is 3.17 bits per heavy atom.